The van der Waals surface area contributed by atoms with E-state index in [1.54, 1.807) is 18.2 Å². The molecule has 0 radical (unpaired) electrons. The monoisotopic (exact) mass is 551 g/mol. The van der Waals surface area contributed by atoms with Crippen LogP contribution in [0.15, 0.2) is 36.4 Å². The second kappa shape index (κ2) is 10.1. The second-order valence-electron chi connectivity index (χ2n) is 7.62. The van der Waals surface area contributed by atoms with Crippen LogP contribution in [-0.4, -0.2) is 51.0 Å². The Hall–Kier alpha value is -2.10. The van der Waals surface area contributed by atoms with E-state index in [1.807, 2.05) is 18.2 Å². The van der Waals surface area contributed by atoms with Gasteiger partial charge in [0.1, 0.15) is 5.75 Å². The highest BCUT2D eigenvalue weighted by Crippen LogP contribution is 2.50. The first-order valence-corrected chi connectivity index (χ1v) is 12.8. The normalized spacial score (nSPS) is 14.8. The maximum Gasteiger partial charge on any atom is 0.439 e. The quantitative estimate of drug-likeness (QED) is 0.161. The lowest BCUT2D eigenvalue weighted by molar-refractivity contribution is -0.248. The predicted octanol–water partition coefficient (Wildman–Crippen LogP) is 4.83. The summed E-state index contributed by atoms with van der Waals surface area (Å²) in [6.45, 7) is 2.61. The van der Waals surface area contributed by atoms with Crippen LogP contribution >= 0.6 is 0 Å². The van der Waals surface area contributed by atoms with Crippen molar-refractivity contribution in [2.45, 2.75) is 49.0 Å². The van der Waals surface area contributed by atoms with Crippen molar-refractivity contribution in [1.82, 2.24) is 0 Å². The predicted molar refractivity (Wildman–Crippen MR) is 112 cm³/mol. The van der Waals surface area contributed by atoms with Gasteiger partial charge in [-0.2, -0.15) is 34.8 Å². The molecule has 0 heterocycles. The molecule has 198 valence electrons. The standard InChI is InChI=1S/C20H22F6O7S2/c1-3-13(2)14-5-6-16-12-17(8-7-15(16)11-14)32-9-4-10-33-35(30,31)20(25,26)18(21,22)19(23,24)34(27,28)29/h5-8,11-13H,3-4,9-10H2,1-2H3,(H,27,28,29)/p-1. The second-order valence-corrected chi connectivity index (χ2v) is 10.7. The third-order valence-electron chi connectivity index (χ3n) is 5.17. The summed E-state index contributed by atoms with van der Waals surface area (Å²) in [5, 5.41) is -11.9. The maximum atomic E-state index is 13.7. The Kier molecular flexibility index (Phi) is 8.41. The van der Waals surface area contributed by atoms with Crippen LogP contribution in [0.2, 0.25) is 0 Å². The van der Waals surface area contributed by atoms with Gasteiger partial charge in [0.2, 0.25) is 0 Å². The van der Waals surface area contributed by atoms with Crippen molar-refractivity contribution in [3.63, 3.8) is 0 Å². The molecule has 2 aromatic carbocycles. The fourth-order valence-corrected chi connectivity index (χ4v) is 4.28. The van der Waals surface area contributed by atoms with Gasteiger partial charge in [-0.15, -0.1) is 0 Å². The summed E-state index contributed by atoms with van der Waals surface area (Å²) in [5.41, 5.74) is 1.14. The van der Waals surface area contributed by atoms with E-state index in [0.29, 0.717) is 11.7 Å². The number of halogens is 6. The number of benzene rings is 2. The molecule has 0 bridgehead atoms. The summed E-state index contributed by atoms with van der Waals surface area (Å²) in [5.74, 6) is -6.43. The average Bonchev–Trinajstić information content (AvgIpc) is 2.76. The first-order valence-electron chi connectivity index (χ1n) is 10.0. The number of hydrogen-bond donors (Lipinski definition) is 0. The van der Waals surface area contributed by atoms with Gasteiger partial charge in [-0.1, -0.05) is 38.1 Å². The number of ether oxygens (including phenoxy) is 1. The van der Waals surface area contributed by atoms with Crippen LogP contribution in [0.1, 0.15) is 38.2 Å². The molecule has 1 atom stereocenters. The Morgan fingerprint density at radius 2 is 1.46 bits per heavy atom. The van der Waals surface area contributed by atoms with Crippen LogP contribution in [0.5, 0.6) is 5.75 Å². The fourth-order valence-electron chi connectivity index (χ4n) is 2.85. The van der Waals surface area contributed by atoms with E-state index in [0.717, 1.165) is 22.8 Å². The molecule has 7 nitrogen and oxygen atoms in total. The number of rotatable bonds is 12. The van der Waals surface area contributed by atoms with Gasteiger partial charge in [0.15, 0.2) is 10.1 Å². The van der Waals surface area contributed by atoms with Crippen LogP contribution < -0.4 is 4.74 Å². The molecule has 0 aliphatic heterocycles. The van der Waals surface area contributed by atoms with Crippen molar-refractivity contribution in [3.8, 4) is 5.75 Å². The van der Waals surface area contributed by atoms with Crippen molar-refractivity contribution in [3.05, 3.63) is 42.0 Å². The van der Waals surface area contributed by atoms with E-state index >= 15 is 0 Å². The van der Waals surface area contributed by atoms with E-state index in [4.69, 9.17) is 4.74 Å². The zero-order valence-corrected chi connectivity index (χ0v) is 19.9. The zero-order chi connectivity index (χ0) is 26.9. The van der Waals surface area contributed by atoms with E-state index in [-0.39, 0.29) is 6.61 Å². The Balaban J connectivity index is 2.00. The first-order chi connectivity index (χ1) is 15.9. The Bertz CT molecular complexity index is 1260. The van der Waals surface area contributed by atoms with E-state index < -0.39 is 49.7 Å². The Morgan fingerprint density at radius 1 is 0.886 bits per heavy atom. The number of fused-ring (bicyclic) bond motifs is 1. The molecule has 0 amide bonds. The van der Waals surface area contributed by atoms with E-state index in [9.17, 15) is 47.7 Å². The average molecular weight is 552 g/mol. The fraction of sp³-hybridized carbons (Fsp3) is 0.500. The van der Waals surface area contributed by atoms with Crippen molar-refractivity contribution in [2.75, 3.05) is 13.2 Å². The zero-order valence-electron chi connectivity index (χ0n) is 18.3. The molecular weight excluding hydrogens is 530 g/mol. The van der Waals surface area contributed by atoms with Crippen molar-refractivity contribution < 1.29 is 56.7 Å². The molecule has 1 unspecified atom stereocenters. The molecular formula is C20H21F6O7S2-. The van der Waals surface area contributed by atoms with E-state index in [1.165, 1.54) is 0 Å². The van der Waals surface area contributed by atoms with Crippen LogP contribution in [0.3, 0.4) is 0 Å². The highest BCUT2D eigenvalue weighted by molar-refractivity contribution is 7.88. The first kappa shape index (κ1) is 29.1. The minimum Gasteiger partial charge on any atom is -0.743 e. The van der Waals surface area contributed by atoms with Gasteiger partial charge < -0.3 is 9.29 Å². The topological polar surface area (TPSA) is 110 Å². The van der Waals surface area contributed by atoms with Crippen LogP contribution in [0.25, 0.3) is 10.8 Å². The smallest absolute Gasteiger partial charge is 0.439 e. The molecule has 0 spiro atoms. The van der Waals surface area contributed by atoms with Crippen LogP contribution in [-0.2, 0) is 24.4 Å². The van der Waals surface area contributed by atoms with Gasteiger partial charge in [-0.3, -0.25) is 4.18 Å². The SMILES string of the molecule is CCC(C)c1ccc2cc(OCCCOS(=O)(=O)C(F)(F)C(F)(F)C(F)(F)S(=O)(=O)[O-])ccc2c1. The molecule has 0 aromatic heterocycles. The third-order valence-corrected chi connectivity index (χ3v) is 7.42. The molecule has 2 rings (SSSR count). The molecule has 0 aliphatic rings. The lowest BCUT2D eigenvalue weighted by Crippen LogP contribution is -2.60. The van der Waals surface area contributed by atoms with Crippen LogP contribution in [0, 0.1) is 0 Å². The maximum absolute atomic E-state index is 13.7. The van der Waals surface area contributed by atoms with Gasteiger partial charge in [0.05, 0.1) is 13.2 Å². The number of hydrogen-bond acceptors (Lipinski definition) is 7. The lowest BCUT2D eigenvalue weighted by atomic mass is 9.96. The van der Waals surface area contributed by atoms with Crippen molar-refractivity contribution in [1.29, 1.82) is 0 Å². The summed E-state index contributed by atoms with van der Waals surface area (Å²) in [6.07, 6.45) is 0.496. The summed E-state index contributed by atoms with van der Waals surface area (Å²) in [4.78, 5) is 0. The molecule has 0 aliphatic carbocycles. The molecule has 0 saturated carbocycles. The largest absolute Gasteiger partial charge is 0.743 e. The molecule has 15 heteroatoms. The van der Waals surface area contributed by atoms with Gasteiger partial charge in [-0.05, 0) is 40.8 Å². The summed E-state index contributed by atoms with van der Waals surface area (Å²) in [7, 11) is -14.1. The highest BCUT2D eigenvalue weighted by atomic mass is 32.2. The van der Waals surface area contributed by atoms with Gasteiger partial charge in [-0.25, -0.2) is 8.42 Å². The van der Waals surface area contributed by atoms with Gasteiger partial charge in [0, 0.05) is 6.42 Å². The summed E-state index contributed by atoms with van der Waals surface area (Å²) < 4.78 is 143. The molecule has 0 fully saturated rings. The third kappa shape index (κ3) is 5.67. The summed E-state index contributed by atoms with van der Waals surface area (Å²) in [6, 6.07) is 10.8. The molecule has 35 heavy (non-hydrogen) atoms. The van der Waals surface area contributed by atoms with Gasteiger partial charge in [0.25, 0.3) is 0 Å². The lowest BCUT2D eigenvalue weighted by Gasteiger charge is -2.32. The van der Waals surface area contributed by atoms with Crippen LogP contribution in [0.4, 0.5) is 26.3 Å². The highest BCUT2D eigenvalue weighted by Gasteiger charge is 2.80. The minimum absolute atomic E-state index is 0.314. The summed E-state index contributed by atoms with van der Waals surface area (Å²) >= 11 is 0. The minimum atomic E-state index is -7.34. The van der Waals surface area contributed by atoms with Crippen molar-refractivity contribution >= 4 is 31.0 Å². The Morgan fingerprint density at radius 3 is 2.03 bits per heavy atom. The Labute approximate surface area is 197 Å². The van der Waals surface area contributed by atoms with Crippen molar-refractivity contribution in [2.24, 2.45) is 0 Å². The van der Waals surface area contributed by atoms with E-state index in [2.05, 4.69) is 18.0 Å². The molecule has 2 aromatic rings. The van der Waals surface area contributed by atoms with Gasteiger partial charge >= 0.3 is 26.5 Å². The molecule has 0 N–H and O–H groups in total. The number of alkyl halides is 6. The molecule has 0 saturated heterocycles.